The summed E-state index contributed by atoms with van der Waals surface area (Å²) < 4.78 is 0. The van der Waals surface area contributed by atoms with Crippen LogP contribution in [-0.2, 0) is 0 Å². The van der Waals surface area contributed by atoms with E-state index in [9.17, 15) is 5.11 Å². The Labute approximate surface area is 77.2 Å². The molecule has 0 aromatic carbocycles. The smallest absolute Gasteiger partial charge is 0.0565 e. The molecule has 0 aromatic rings. The van der Waals surface area contributed by atoms with Crippen LogP contribution in [0.3, 0.4) is 0 Å². The molecule has 0 unspecified atom stereocenters. The third-order valence-corrected chi connectivity index (χ3v) is 2.65. The Hall–Kier alpha value is -0.0400. The summed E-state index contributed by atoms with van der Waals surface area (Å²) in [5, 5.41) is 9.62. The van der Waals surface area contributed by atoms with Gasteiger partial charge in [0.2, 0.25) is 0 Å². The molecule has 0 saturated carbocycles. The highest BCUT2D eigenvalue weighted by Crippen LogP contribution is 2.14. The summed E-state index contributed by atoms with van der Waals surface area (Å²) in [6, 6.07) is 0. The first kappa shape index (κ1) is 12.0. The van der Waals surface area contributed by atoms with Crippen molar-refractivity contribution in [3.05, 3.63) is 0 Å². The van der Waals surface area contributed by atoms with Crippen molar-refractivity contribution in [2.24, 2.45) is 5.92 Å². The van der Waals surface area contributed by atoms with Crippen LogP contribution in [0.4, 0.5) is 0 Å². The Bertz CT molecular complexity index is 91.0. The van der Waals surface area contributed by atoms with Gasteiger partial charge in [-0.3, -0.25) is 0 Å². The summed E-state index contributed by atoms with van der Waals surface area (Å²) in [5.74, 6) is 0.478. The Balaban J connectivity index is 3.24. The molecule has 0 aliphatic heterocycles. The molecule has 2 atom stereocenters. The van der Waals surface area contributed by atoms with Gasteiger partial charge in [0.05, 0.1) is 6.10 Å². The van der Waals surface area contributed by atoms with Crippen LogP contribution in [0, 0.1) is 5.92 Å². The topological polar surface area (TPSA) is 20.2 Å². The lowest BCUT2D eigenvalue weighted by Crippen LogP contribution is -2.16. The molecule has 0 spiro atoms. The molecule has 1 heteroatoms. The lowest BCUT2D eigenvalue weighted by atomic mass is 9.97. The minimum atomic E-state index is -0.0631. The van der Waals surface area contributed by atoms with Crippen molar-refractivity contribution in [1.29, 1.82) is 0 Å². The quantitative estimate of drug-likeness (QED) is 0.584. The van der Waals surface area contributed by atoms with Crippen LogP contribution in [0.25, 0.3) is 0 Å². The monoisotopic (exact) mass is 172 g/mol. The van der Waals surface area contributed by atoms with Gasteiger partial charge in [-0.2, -0.15) is 0 Å². The maximum Gasteiger partial charge on any atom is 0.0565 e. The summed E-state index contributed by atoms with van der Waals surface area (Å²) in [5.41, 5.74) is 0. The van der Waals surface area contributed by atoms with Crippen molar-refractivity contribution in [2.75, 3.05) is 0 Å². The molecule has 0 heterocycles. The fourth-order valence-electron chi connectivity index (χ4n) is 1.34. The number of aliphatic hydroxyl groups is 1. The number of aliphatic hydroxyl groups excluding tert-OH is 1. The van der Waals surface area contributed by atoms with E-state index in [1.54, 1.807) is 0 Å². The van der Waals surface area contributed by atoms with E-state index in [0.717, 1.165) is 12.8 Å². The summed E-state index contributed by atoms with van der Waals surface area (Å²) >= 11 is 0. The molecule has 0 aliphatic rings. The average molecular weight is 172 g/mol. The van der Waals surface area contributed by atoms with E-state index in [0.29, 0.717) is 5.92 Å². The molecule has 0 radical (unpaired) electrons. The Morgan fingerprint density at radius 2 is 1.75 bits per heavy atom. The van der Waals surface area contributed by atoms with Crippen molar-refractivity contribution in [3.63, 3.8) is 0 Å². The summed E-state index contributed by atoms with van der Waals surface area (Å²) in [6.45, 7) is 6.48. The first-order chi connectivity index (χ1) is 5.72. The molecule has 74 valence electrons. The van der Waals surface area contributed by atoms with Gasteiger partial charge in [-0.15, -0.1) is 0 Å². The van der Waals surface area contributed by atoms with Crippen molar-refractivity contribution >= 4 is 0 Å². The molecule has 1 N–H and O–H groups in total. The van der Waals surface area contributed by atoms with E-state index in [1.165, 1.54) is 25.7 Å². The van der Waals surface area contributed by atoms with Crippen molar-refractivity contribution in [3.8, 4) is 0 Å². The zero-order chi connectivity index (χ0) is 9.40. The molecule has 0 saturated heterocycles. The molecule has 0 aliphatic carbocycles. The van der Waals surface area contributed by atoms with E-state index in [-0.39, 0.29) is 6.10 Å². The van der Waals surface area contributed by atoms with Crippen molar-refractivity contribution in [2.45, 2.75) is 65.4 Å². The van der Waals surface area contributed by atoms with E-state index >= 15 is 0 Å². The second-order valence-corrected chi connectivity index (χ2v) is 3.80. The minimum Gasteiger partial charge on any atom is -0.393 e. The molecule has 1 nitrogen and oxygen atoms in total. The molecule has 0 aromatic heterocycles. The van der Waals surface area contributed by atoms with Gasteiger partial charge in [0.25, 0.3) is 0 Å². The maximum atomic E-state index is 9.62. The molecule has 12 heavy (non-hydrogen) atoms. The van der Waals surface area contributed by atoms with Gasteiger partial charge in [0.1, 0.15) is 0 Å². The Kier molecular flexibility index (Phi) is 7.58. The van der Waals surface area contributed by atoms with E-state index in [4.69, 9.17) is 0 Å². The second kappa shape index (κ2) is 7.60. The maximum absolute atomic E-state index is 9.62. The third kappa shape index (κ3) is 5.59. The molecule has 0 amide bonds. The predicted molar refractivity (Wildman–Crippen MR) is 54.2 cm³/mol. The number of hydrogen-bond acceptors (Lipinski definition) is 1. The molecule has 0 rings (SSSR count). The molecule has 0 bridgehead atoms. The minimum absolute atomic E-state index is 0.0631. The van der Waals surface area contributed by atoms with Crippen LogP contribution < -0.4 is 0 Å². The highest BCUT2D eigenvalue weighted by molar-refractivity contribution is 4.62. The normalized spacial score (nSPS) is 16.0. The molecular weight excluding hydrogens is 148 g/mol. The van der Waals surface area contributed by atoms with Gasteiger partial charge in [-0.05, 0) is 12.3 Å². The van der Waals surface area contributed by atoms with Crippen LogP contribution in [0.1, 0.15) is 59.3 Å². The van der Waals surface area contributed by atoms with Crippen LogP contribution in [0.5, 0.6) is 0 Å². The highest BCUT2D eigenvalue weighted by atomic mass is 16.3. The van der Waals surface area contributed by atoms with Gasteiger partial charge in [0.15, 0.2) is 0 Å². The standard InChI is InChI=1S/C11H24O/c1-4-6-7-8-9-11(12)10(3)5-2/h10-12H,4-9H2,1-3H3/t10-,11-/m1/s1. The summed E-state index contributed by atoms with van der Waals surface area (Å²) in [6.07, 6.45) is 7.09. The fourth-order valence-corrected chi connectivity index (χ4v) is 1.34. The lowest BCUT2D eigenvalue weighted by molar-refractivity contribution is 0.103. The van der Waals surface area contributed by atoms with E-state index < -0.39 is 0 Å². The summed E-state index contributed by atoms with van der Waals surface area (Å²) in [7, 11) is 0. The zero-order valence-corrected chi connectivity index (χ0v) is 8.84. The van der Waals surface area contributed by atoms with Crippen LogP contribution in [0.15, 0.2) is 0 Å². The van der Waals surface area contributed by atoms with Gasteiger partial charge < -0.3 is 5.11 Å². The first-order valence-electron chi connectivity index (χ1n) is 5.40. The first-order valence-corrected chi connectivity index (χ1v) is 5.40. The summed E-state index contributed by atoms with van der Waals surface area (Å²) in [4.78, 5) is 0. The van der Waals surface area contributed by atoms with Crippen LogP contribution >= 0.6 is 0 Å². The Morgan fingerprint density at radius 1 is 1.08 bits per heavy atom. The molecular formula is C11H24O. The van der Waals surface area contributed by atoms with Gasteiger partial charge in [-0.25, -0.2) is 0 Å². The number of hydrogen-bond donors (Lipinski definition) is 1. The van der Waals surface area contributed by atoms with Gasteiger partial charge >= 0.3 is 0 Å². The fraction of sp³-hybridized carbons (Fsp3) is 1.00. The number of rotatable bonds is 7. The predicted octanol–water partition coefficient (Wildman–Crippen LogP) is 3.36. The van der Waals surface area contributed by atoms with Crippen LogP contribution in [0.2, 0.25) is 0 Å². The zero-order valence-electron chi connectivity index (χ0n) is 8.84. The van der Waals surface area contributed by atoms with Crippen LogP contribution in [-0.4, -0.2) is 11.2 Å². The third-order valence-electron chi connectivity index (χ3n) is 2.65. The number of unbranched alkanes of at least 4 members (excludes halogenated alkanes) is 3. The SMILES string of the molecule is CCCCCC[C@@H](O)[C@H](C)CC. The van der Waals surface area contributed by atoms with Gasteiger partial charge in [0, 0.05) is 0 Å². The van der Waals surface area contributed by atoms with E-state index in [2.05, 4.69) is 20.8 Å². The van der Waals surface area contributed by atoms with E-state index in [1.807, 2.05) is 0 Å². The van der Waals surface area contributed by atoms with Gasteiger partial charge in [-0.1, -0.05) is 52.9 Å². The lowest BCUT2D eigenvalue weighted by Gasteiger charge is -2.16. The highest BCUT2D eigenvalue weighted by Gasteiger charge is 2.10. The Morgan fingerprint density at radius 3 is 2.25 bits per heavy atom. The van der Waals surface area contributed by atoms with Crippen molar-refractivity contribution in [1.82, 2.24) is 0 Å². The largest absolute Gasteiger partial charge is 0.393 e. The molecule has 0 fully saturated rings. The second-order valence-electron chi connectivity index (χ2n) is 3.80. The average Bonchev–Trinajstić information content (AvgIpc) is 2.10. The van der Waals surface area contributed by atoms with Crippen molar-refractivity contribution < 1.29 is 5.11 Å².